The number of rotatable bonds is 5. The van der Waals surface area contributed by atoms with Crippen LogP contribution >= 0.6 is 0 Å². The van der Waals surface area contributed by atoms with Gasteiger partial charge in [0.05, 0.1) is 4.92 Å². The number of benzene rings is 1. The summed E-state index contributed by atoms with van der Waals surface area (Å²) in [4.78, 5) is 22.2. The first-order chi connectivity index (χ1) is 8.81. The van der Waals surface area contributed by atoms with Crippen molar-refractivity contribution in [3.63, 3.8) is 0 Å². The van der Waals surface area contributed by atoms with E-state index in [1.807, 2.05) is 13.8 Å². The van der Waals surface area contributed by atoms with Gasteiger partial charge in [-0.05, 0) is 44.4 Å². The quantitative estimate of drug-likeness (QED) is 0.630. The molecule has 1 amide bonds. The minimum Gasteiger partial charge on any atom is -0.328 e. The van der Waals surface area contributed by atoms with Crippen molar-refractivity contribution in [2.45, 2.75) is 39.7 Å². The Kier molecular flexibility index (Phi) is 5.00. The molecule has 0 aliphatic carbocycles. The summed E-state index contributed by atoms with van der Waals surface area (Å²) in [5, 5.41) is 13.5. The fourth-order valence-electron chi connectivity index (χ4n) is 1.62. The maximum Gasteiger partial charge on any atom is 0.293 e. The van der Waals surface area contributed by atoms with Crippen molar-refractivity contribution >= 4 is 17.3 Å². The number of nitro benzene ring substituents is 1. The zero-order chi connectivity index (χ0) is 14.6. The number of anilines is 1. The lowest BCUT2D eigenvalue weighted by molar-refractivity contribution is -0.384. The first kappa shape index (κ1) is 15.1. The highest BCUT2D eigenvalue weighted by Gasteiger charge is 2.17. The molecule has 1 atom stereocenters. The Morgan fingerprint density at radius 2 is 2.00 bits per heavy atom. The van der Waals surface area contributed by atoms with E-state index in [2.05, 4.69) is 5.32 Å². The predicted octanol–water partition coefficient (Wildman–Crippen LogP) is 2.28. The van der Waals surface area contributed by atoms with Gasteiger partial charge in [0.25, 0.3) is 5.69 Å². The van der Waals surface area contributed by atoms with Crippen LogP contribution in [-0.2, 0) is 4.79 Å². The zero-order valence-corrected chi connectivity index (χ0v) is 11.4. The number of hydrogen-bond acceptors (Lipinski definition) is 4. The molecule has 0 saturated heterocycles. The molecule has 0 bridgehead atoms. The smallest absolute Gasteiger partial charge is 0.293 e. The summed E-state index contributed by atoms with van der Waals surface area (Å²) < 4.78 is 0. The Hall–Kier alpha value is -1.95. The van der Waals surface area contributed by atoms with Crippen molar-refractivity contribution in [3.05, 3.63) is 33.4 Å². The number of carbonyl (C=O) groups is 1. The average molecular weight is 265 g/mol. The standard InChI is InChI=1S/C13H19N3O3/c1-8-6-11(12(16(18)19)7-9(8)2)15-13(17)5-4-10(3)14/h6-7,10H,4-5,14H2,1-3H3,(H,15,17). The van der Waals surface area contributed by atoms with E-state index in [0.29, 0.717) is 6.42 Å². The normalized spacial score (nSPS) is 12.0. The molecule has 0 radical (unpaired) electrons. The van der Waals surface area contributed by atoms with E-state index >= 15 is 0 Å². The maximum atomic E-state index is 11.7. The summed E-state index contributed by atoms with van der Waals surface area (Å²) in [7, 11) is 0. The third kappa shape index (κ3) is 4.33. The third-order valence-corrected chi connectivity index (χ3v) is 2.91. The van der Waals surface area contributed by atoms with Crippen molar-refractivity contribution < 1.29 is 9.72 Å². The second kappa shape index (κ2) is 6.29. The Bertz CT molecular complexity index is 498. The lowest BCUT2D eigenvalue weighted by Gasteiger charge is -2.09. The van der Waals surface area contributed by atoms with Crippen LogP contribution in [0.3, 0.4) is 0 Å². The van der Waals surface area contributed by atoms with Gasteiger partial charge in [0.15, 0.2) is 0 Å². The molecule has 6 heteroatoms. The van der Waals surface area contributed by atoms with Crippen LogP contribution in [0.4, 0.5) is 11.4 Å². The average Bonchev–Trinajstić information content (AvgIpc) is 2.30. The molecule has 1 aromatic rings. The number of nitrogens with zero attached hydrogens (tertiary/aromatic N) is 1. The molecule has 1 unspecified atom stereocenters. The number of nitro groups is 1. The van der Waals surface area contributed by atoms with Gasteiger partial charge in [0.2, 0.25) is 5.91 Å². The second-order valence-electron chi connectivity index (χ2n) is 4.77. The van der Waals surface area contributed by atoms with Crippen molar-refractivity contribution in [1.82, 2.24) is 0 Å². The Morgan fingerprint density at radius 3 is 2.53 bits per heavy atom. The molecule has 0 heterocycles. The molecular weight excluding hydrogens is 246 g/mol. The second-order valence-corrected chi connectivity index (χ2v) is 4.77. The van der Waals surface area contributed by atoms with Gasteiger partial charge >= 0.3 is 0 Å². The van der Waals surface area contributed by atoms with Gasteiger partial charge in [-0.2, -0.15) is 0 Å². The highest BCUT2D eigenvalue weighted by molar-refractivity contribution is 5.93. The molecular formula is C13H19N3O3. The van der Waals surface area contributed by atoms with E-state index < -0.39 is 4.92 Å². The zero-order valence-electron chi connectivity index (χ0n) is 11.4. The van der Waals surface area contributed by atoms with Crippen LogP contribution in [0, 0.1) is 24.0 Å². The molecule has 0 aromatic heterocycles. The molecule has 6 nitrogen and oxygen atoms in total. The van der Waals surface area contributed by atoms with Gasteiger partial charge in [-0.15, -0.1) is 0 Å². The minimum atomic E-state index is -0.492. The molecule has 1 aromatic carbocycles. The molecule has 1 rings (SSSR count). The highest BCUT2D eigenvalue weighted by Crippen LogP contribution is 2.28. The lowest BCUT2D eigenvalue weighted by atomic mass is 10.1. The van der Waals surface area contributed by atoms with E-state index in [0.717, 1.165) is 11.1 Å². The summed E-state index contributed by atoms with van der Waals surface area (Å²) in [6.07, 6.45) is 0.798. The first-order valence-electron chi connectivity index (χ1n) is 6.12. The number of nitrogens with two attached hydrogens (primary N) is 1. The van der Waals surface area contributed by atoms with Gasteiger partial charge in [-0.3, -0.25) is 14.9 Å². The number of amides is 1. The number of hydrogen-bond donors (Lipinski definition) is 2. The van der Waals surface area contributed by atoms with E-state index in [1.54, 1.807) is 13.0 Å². The summed E-state index contributed by atoms with van der Waals surface area (Å²) in [5.74, 6) is -0.261. The van der Waals surface area contributed by atoms with Gasteiger partial charge in [0, 0.05) is 18.5 Å². The Labute approximate surface area is 112 Å². The van der Waals surface area contributed by atoms with Crippen LogP contribution in [0.15, 0.2) is 12.1 Å². The van der Waals surface area contributed by atoms with Crippen LogP contribution in [0.2, 0.25) is 0 Å². The van der Waals surface area contributed by atoms with Crippen molar-refractivity contribution in [3.8, 4) is 0 Å². The summed E-state index contributed by atoms with van der Waals surface area (Å²) in [5.41, 5.74) is 7.44. The Balaban J connectivity index is 2.90. The summed E-state index contributed by atoms with van der Waals surface area (Å²) >= 11 is 0. The SMILES string of the molecule is Cc1cc(NC(=O)CCC(C)N)c([N+](=O)[O-])cc1C. The minimum absolute atomic E-state index is 0.0690. The van der Waals surface area contributed by atoms with Crippen LogP contribution in [0.25, 0.3) is 0 Å². The monoisotopic (exact) mass is 265 g/mol. The molecule has 0 spiro atoms. The van der Waals surface area contributed by atoms with Crippen LogP contribution in [-0.4, -0.2) is 16.9 Å². The molecule has 104 valence electrons. The fraction of sp³-hybridized carbons (Fsp3) is 0.462. The van der Waals surface area contributed by atoms with E-state index in [9.17, 15) is 14.9 Å². The van der Waals surface area contributed by atoms with E-state index in [-0.39, 0.29) is 29.7 Å². The van der Waals surface area contributed by atoms with Crippen LogP contribution in [0.1, 0.15) is 30.9 Å². The third-order valence-electron chi connectivity index (χ3n) is 2.91. The summed E-state index contributed by atoms with van der Waals surface area (Å²) in [6, 6.07) is 3.02. The molecule has 3 N–H and O–H groups in total. The number of aryl methyl sites for hydroxylation is 2. The molecule has 0 aliphatic rings. The van der Waals surface area contributed by atoms with Gasteiger partial charge in [0.1, 0.15) is 5.69 Å². The van der Waals surface area contributed by atoms with Crippen LogP contribution in [0.5, 0.6) is 0 Å². The number of nitrogens with one attached hydrogen (secondary N) is 1. The topological polar surface area (TPSA) is 98.3 Å². The Morgan fingerprint density at radius 1 is 1.42 bits per heavy atom. The van der Waals surface area contributed by atoms with Crippen molar-refractivity contribution in [2.24, 2.45) is 5.73 Å². The van der Waals surface area contributed by atoms with E-state index in [4.69, 9.17) is 5.73 Å². The van der Waals surface area contributed by atoms with Gasteiger partial charge in [-0.1, -0.05) is 0 Å². The summed E-state index contributed by atoms with van der Waals surface area (Å²) in [6.45, 7) is 5.45. The molecule has 0 aliphatic heterocycles. The van der Waals surface area contributed by atoms with E-state index in [1.165, 1.54) is 6.07 Å². The largest absolute Gasteiger partial charge is 0.328 e. The number of carbonyl (C=O) groups excluding carboxylic acids is 1. The van der Waals surface area contributed by atoms with Gasteiger partial charge in [-0.25, -0.2) is 0 Å². The lowest BCUT2D eigenvalue weighted by Crippen LogP contribution is -2.19. The maximum absolute atomic E-state index is 11.7. The molecule has 0 fully saturated rings. The van der Waals surface area contributed by atoms with Crippen LogP contribution < -0.4 is 11.1 Å². The van der Waals surface area contributed by atoms with Gasteiger partial charge < -0.3 is 11.1 Å². The van der Waals surface area contributed by atoms with Crippen molar-refractivity contribution in [2.75, 3.05) is 5.32 Å². The van der Waals surface area contributed by atoms with Crippen molar-refractivity contribution in [1.29, 1.82) is 0 Å². The predicted molar refractivity (Wildman–Crippen MR) is 74.1 cm³/mol. The highest BCUT2D eigenvalue weighted by atomic mass is 16.6. The molecule has 19 heavy (non-hydrogen) atoms. The fourth-order valence-corrected chi connectivity index (χ4v) is 1.62. The first-order valence-corrected chi connectivity index (χ1v) is 6.12. The molecule has 0 saturated carbocycles.